The van der Waals surface area contributed by atoms with Crippen molar-refractivity contribution in [2.24, 2.45) is 0 Å². The highest BCUT2D eigenvalue weighted by molar-refractivity contribution is 7.80. The highest BCUT2D eigenvalue weighted by Gasteiger charge is 2.28. The normalized spacial score (nSPS) is 17.1. The molecule has 1 aliphatic rings. The molecular weight excluding hydrogens is 817 g/mol. The van der Waals surface area contributed by atoms with Crippen molar-refractivity contribution in [2.75, 3.05) is 83.9 Å². The minimum absolute atomic E-state index is 0.00662. The molecule has 2 amide bonds. The Bertz CT molecular complexity index is 1650. The molecule has 0 radical (unpaired) electrons. The van der Waals surface area contributed by atoms with Crippen LogP contribution in [0.5, 0.6) is 0 Å². The van der Waals surface area contributed by atoms with Gasteiger partial charge in [-0.05, 0) is 62.0 Å². The molecule has 60 heavy (non-hydrogen) atoms. The smallest absolute Gasteiger partial charge is 0.326 e. The van der Waals surface area contributed by atoms with Crippen LogP contribution in [0.1, 0.15) is 37.7 Å². The van der Waals surface area contributed by atoms with Crippen LogP contribution in [0, 0.1) is 0 Å². The van der Waals surface area contributed by atoms with Gasteiger partial charge in [0.15, 0.2) is 5.11 Å². The van der Waals surface area contributed by atoms with Gasteiger partial charge in [-0.3, -0.25) is 43.6 Å². The molecule has 3 unspecified atom stereocenters. The van der Waals surface area contributed by atoms with E-state index in [1.165, 1.54) is 0 Å². The average molecular weight is 871 g/mol. The van der Waals surface area contributed by atoms with Crippen LogP contribution in [-0.4, -0.2) is 205 Å². The van der Waals surface area contributed by atoms with Gasteiger partial charge in [0.1, 0.15) is 12.1 Å². The molecule has 23 nitrogen and oxygen atoms in total. The van der Waals surface area contributed by atoms with E-state index >= 15 is 0 Å². The van der Waals surface area contributed by atoms with Gasteiger partial charge >= 0.3 is 47.8 Å². The Hall–Kier alpha value is -5.69. The van der Waals surface area contributed by atoms with Crippen LogP contribution in [0.15, 0.2) is 24.3 Å². The fraction of sp³-hybridized carbons (Fsp3) is 0.583. The first kappa shape index (κ1) is 50.5. The number of nitrogens with zero attached hydrogens (tertiary/aromatic N) is 4. The number of benzene rings is 1. The van der Waals surface area contributed by atoms with Crippen LogP contribution in [-0.2, 0) is 40.0 Å². The summed E-state index contributed by atoms with van der Waals surface area (Å²) in [5.74, 6) is -8.27. The molecular formula is C36H54N8O15S. The number of anilines is 1. The predicted molar refractivity (Wildman–Crippen MR) is 215 cm³/mol. The van der Waals surface area contributed by atoms with E-state index in [0.717, 1.165) is 5.56 Å². The van der Waals surface area contributed by atoms with Crippen molar-refractivity contribution in [1.29, 1.82) is 0 Å². The summed E-state index contributed by atoms with van der Waals surface area (Å²) in [6.45, 7) is -0.411. The number of amides is 2. The van der Waals surface area contributed by atoms with Crippen molar-refractivity contribution < 1.29 is 74.1 Å². The molecule has 0 saturated carbocycles. The van der Waals surface area contributed by atoms with Gasteiger partial charge in [0.25, 0.3) is 0 Å². The highest BCUT2D eigenvalue weighted by atomic mass is 32.1. The lowest BCUT2D eigenvalue weighted by molar-refractivity contribution is -0.142. The third-order valence-electron chi connectivity index (χ3n) is 9.31. The highest BCUT2D eigenvalue weighted by Crippen LogP contribution is 2.16. The van der Waals surface area contributed by atoms with E-state index < -0.39 is 85.5 Å². The molecule has 1 saturated heterocycles. The quantitative estimate of drug-likeness (QED) is 0.0449. The minimum Gasteiger partial charge on any atom is -0.481 e. The number of nitrogens with one attached hydrogen (secondary N) is 4. The largest absolute Gasteiger partial charge is 0.481 e. The van der Waals surface area contributed by atoms with Gasteiger partial charge in [-0.2, -0.15) is 0 Å². The molecule has 1 heterocycles. The van der Waals surface area contributed by atoms with Gasteiger partial charge < -0.3 is 57.0 Å². The molecule has 1 aliphatic heterocycles. The van der Waals surface area contributed by atoms with Crippen LogP contribution in [0.4, 0.5) is 10.5 Å². The standard InChI is InChI=1S/C36H54N8O15S/c45-28(46)9-8-27(34(57)58)39-35(59)37-10-2-1-3-26(33(55)56)40-36(60)38-24-6-4-23(5-7-24)17-25-18-43(21-31(51)52)14-13-41(19-29(47)48)11-12-42(20-30(49)50)15-16-44(25)22-32(53)54/h4-7,25-27H,1-3,8-22H2,(H,45,46)(H,47,48)(H,49,50)(H,51,52)(H,53,54)(H,55,56)(H,57,58)(H2,37,39,59)(H2,38,40,60). The van der Waals surface area contributed by atoms with E-state index in [4.69, 9.17) is 17.3 Å². The number of rotatable bonds is 23. The molecule has 334 valence electrons. The monoisotopic (exact) mass is 870 g/mol. The lowest BCUT2D eigenvalue weighted by Gasteiger charge is -2.37. The molecule has 0 bridgehead atoms. The number of carboxylic acid groups (broad SMARTS) is 7. The summed E-state index contributed by atoms with van der Waals surface area (Å²) in [5.41, 5.74) is 1.21. The lowest BCUT2D eigenvalue weighted by Crippen LogP contribution is -2.53. The van der Waals surface area contributed by atoms with Gasteiger partial charge in [-0.15, -0.1) is 0 Å². The van der Waals surface area contributed by atoms with Crippen molar-refractivity contribution in [3.8, 4) is 0 Å². The summed E-state index contributed by atoms with van der Waals surface area (Å²) >= 11 is 5.34. The van der Waals surface area contributed by atoms with Crippen LogP contribution < -0.4 is 21.3 Å². The van der Waals surface area contributed by atoms with E-state index in [0.29, 0.717) is 18.5 Å². The molecule has 1 fully saturated rings. The van der Waals surface area contributed by atoms with Crippen LogP contribution in [0.25, 0.3) is 0 Å². The summed E-state index contributed by atoms with van der Waals surface area (Å²) < 4.78 is 0. The zero-order chi connectivity index (χ0) is 44.8. The number of carbonyl (C=O) groups is 8. The maximum absolute atomic E-state index is 12.1. The Morgan fingerprint density at radius 2 is 1.12 bits per heavy atom. The van der Waals surface area contributed by atoms with E-state index in [-0.39, 0.29) is 89.8 Å². The third-order valence-corrected chi connectivity index (χ3v) is 9.53. The molecule has 2 rings (SSSR count). The predicted octanol–water partition coefficient (Wildman–Crippen LogP) is -1.32. The molecule has 24 heteroatoms. The van der Waals surface area contributed by atoms with Crippen molar-refractivity contribution in [1.82, 2.24) is 35.6 Å². The molecule has 0 spiro atoms. The second kappa shape index (κ2) is 26.4. The van der Waals surface area contributed by atoms with Gasteiger partial charge in [0, 0.05) is 70.5 Å². The number of hydrogen-bond acceptors (Lipinski definition) is 13. The van der Waals surface area contributed by atoms with Crippen LogP contribution in [0.2, 0.25) is 0 Å². The Kier molecular flexibility index (Phi) is 22.2. The average Bonchev–Trinajstić information content (AvgIpc) is 3.14. The summed E-state index contributed by atoms with van der Waals surface area (Å²) in [6.07, 6.45) is 0.248. The van der Waals surface area contributed by atoms with Crippen molar-refractivity contribution in [3.63, 3.8) is 0 Å². The SMILES string of the molecule is O=C(O)CCC(NC(=O)NCCCCC(NC(=S)Nc1ccc(CC2CN(CC(=O)O)CCN(CC(=O)O)CCN(CC(=O)O)CCN2CC(=O)O)cc1)C(=O)O)C(=O)O. The van der Waals surface area contributed by atoms with Crippen molar-refractivity contribution in [3.05, 3.63) is 29.8 Å². The maximum atomic E-state index is 12.1. The first-order valence-corrected chi connectivity index (χ1v) is 19.4. The van der Waals surface area contributed by atoms with E-state index in [1.54, 1.807) is 43.9 Å². The Morgan fingerprint density at radius 3 is 1.63 bits per heavy atom. The maximum Gasteiger partial charge on any atom is 0.326 e. The first-order chi connectivity index (χ1) is 28.3. The summed E-state index contributed by atoms with van der Waals surface area (Å²) in [4.78, 5) is 99.6. The van der Waals surface area contributed by atoms with Crippen LogP contribution in [0.3, 0.4) is 0 Å². The van der Waals surface area contributed by atoms with Gasteiger partial charge in [-0.25, -0.2) is 14.4 Å². The molecule has 0 aromatic heterocycles. The van der Waals surface area contributed by atoms with Gasteiger partial charge in [0.2, 0.25) is 0 Å². The Labute approximate surface area is 350 Å². The zero-order valence-corrected chi connectivity index (χ0v) is 33.7. The lowest BCUT2D eigenvalue weighted by atomic mass is 10.0. The Balaban J connectivity index is 2.10. The topological polar surface area (TPSA) is 339 Å². The number of carboxylic acids is 7. The van der Waals surface area contributed by atoms with Crippen molar-refractivity contribution >= 4 is 70.8 Å². The number of urea groups is 1. The van der Waals surface area contributed by atoms with Gasteiger partial charge in [0.05, 0.1) is 26.2 Å². The third kappa shape index (κ3) is 21.4. The molecule has 0 aliphatic carbocycles. The second-order valence-electron chi connectivity index (χ2n) is 14.1. The van der Waals surface area contributed by atoms with Gasteiger partial charge in [-0.1, -0.05) is 12.1 Å². The summed E-state index contributed by atoms with van der Waals surface area (Å²) in [6, 6.07) is 2.90. The number of hydrogen-bond donors (Lipinski definition) is 11. The van der Waals surface area contributed by atoms with E-state index in [1.807, 2.05) is 0 Å². The van der Waals surface area contributed by atoms with Crippen LogP contribution >= 0.6 is 12.2 Å². The number of aliphatic carboxylic acids is 7. The molecule has 1 aromatic carbocycles. The number of unbranched alkanes of at least 4 members (excludes halogenated alkanes) is 1. The summed E-state index contributed by atoms with van der Waals surface area (Å²) in [5, 5.41) is 76.4. The van der Waals surface area contributed by atoms with E-state index in [2.05, 4.69) is 21.3 Å². The molecule has 1 aromatic rings. The Morgan fingerprint density at radius 1 is 0.617 bits per heavy atom. The fourth-order valence-corrected chi connectivity index (χ4v) is 6.60. The molecule has 3 atom stereocenters. The van der Waals surface area contributed by atoms with Crippen molar-refractivity contribution in [2.45, 2.75) is 56.7 Å². The zero-order valence-electron chi connectivity index (χ0n) is 32.9. The van der Waals surface area contributed by atoms with E-state index in [9.17, 15) is 69.0 Å². The number of carbonyl (C=O) groups excluding carboxylic acids is 1. The summed E-state index contributed by atoms with van der Waals surface area (Å²) in [7, 11) is 0. The first-order valence-electron chi connectivity index (χ1n) is 19.0. The second-order valence-corrected chi connectivity index (χ2v) is 14.5. The molecule has 11 N–H and O–H groups in total. The number of thiocarbonyl (C=S) groups is 1. The fourth-order valence-electron chi connectivity index (χ4n) is 6.34. The minimum atomic E-state index is -1.40.